The van der Waals surface area contributed by atoms with Crippen LogP contribution in [0.5, 0.6) is 23.0 Å². The van der Waals surface area contributed by atoms with Crippen LogP contribution in [0.2, 0.25) is 0 Å². The zero-order valence-corrected chi connectivity index (χ0v) is 16.6. The highest BCUT2D eigenvalue weighted by Crippen LogP contribution is 2.58. The number of phenolic OH excluding ortho intramolecular Hbond substituents is 2. The molecular formula is C24H20O5. The first-order chi connectivity index (χ1) is 13.8. The van der Waals surface area contributed by atoms with Gasteiger partial charge in [-0.2, -0.15) is 0 Å². The van der Waals surface area contributed by atoms with Crippen molar-refractivity contribution in [1.29, 1.82) is 0 Å². The van der Waals surface area contributed by atoms with Gasteiger partial charge in [-0.25, -0.2) is 4.79 Å². The Balaban J connectivity index is 1.98. The molecule has 0 saturated heterocycles. The number of fused-ring (bicyclic) bond motifs is 6. The van der Waals surface area contributed by atoms with Crippen LogP contribution < -0.4 is 4.74 Å². The van der Waals surface area contributed by atoms with Gasteiger partial charge in [0, 0.05) is 28.8 Å². The van der Waals surface area contributed by atoms with Gasteiger partial charge in [0.2, 0.25) is 0 Å². The van der Waals surface area contributed by atoms with Gasteiger partial charge < -0.3 is 19.7 Å². The van der Waals surface area contributed by atoms with Crippen molar-refractivity contribution in [3.63, 3.8) is 0 Å². The summed E-state index contributed by atoms with van der Waals surface area (Å²) in [5.41, 5.74) is 5.51. The number of esters is 1. The summed E-state index contributed by atoms with van der Waals surface area (Å²) in [6.07, 6.45) is 0. The standard InChI is InChI=1S/C24H20O5/c1-11-12(2)14(4)22-21(13(11)3)23(27)29-24(22)17-7-5-15(25)9-19(17)28-20-10-16(26)6-8-18(20)24/h5-10,25-26H,1-4H3. The van der Waals surface area contributed by atoms with Gasteiger partial charge >= 0.3 is 5.97 Å². The second-order valence-corrected chi connectivity index (χ2v) is 7.78. The molecule has 0 bridgehead atoms. The molecule has 1 spiro atoms. The minimum atomic E-state index is -1.20. The molecule has 0 saturated carbocycles. The van der Waals surface area contributed by atoms with E-state index in [0.29, 0.717) is 28.2 Å². The van der Waals surface area contributed by atoms with Crippen molar-refractivity contribution in [3.8, 4) is 23.0 Å². The van der Waals surface area contributed by atoms with Crippen LogP contribution in [-0.2, 0) is 10.3 Å². The highest BCUT2D eigenvalue weighted by molar-refractivity contribution is 5.99. The molecule has 5 heteroatoms. The lowest BCUT2D eigenvalue weighted by molar-refractivity contribution is 0.0222. The van der Waals surface area contributed by atoms with Gasteiger partial charge in [0.25, 0.3) is 0 Å². The van der Waals surface area contributed by atoms with E-state index in [9.17, 15) is 15.0 Å². The van der Waals surface area contributed by atoms with E-state index in [1.165, 1.54) is 12.1 Å². The molecule has 0 fully saturated rings. The Morgan fingerprint density at radius 3 is 1.83 bits per heavy atom. The van der Waals surface area contributed by atoms with Crippen molar-refractivity contribution < 1.29 is 24.5 Å². The van der Waals surface area contributed by atoms with Crippen molar-refractivity contribution in [2.24, 2.45) is 0 Å². The third-order valence-electron chi connectivity index (χ3n) is 6.40. The van der Waals surface area contributed by atoms with Crippen molar-refractivity contribution >= 4 is 5.97 Å². The Labute approximate surface area is 168 Å². The maximum absolute atomic E-state index is 13.2. The molecule has 5 nitrogen and oxygen atoms in total. The molecule has 3 aromatic rings. The molecule has 29 heavy (non-hydrogen) atoms. The maximum atomic E-state index is 13.2. The Kier molecular flexibility index (Phi) is 3.36. The van der Waals surface area contributed by atoms with Gasteiger partial charge in [0.1, 0.15) is 23.0 Å². The van der Waals surface area contributed by atoms with Crippen LogP contribution in [0.15, 0.2) is 36.4 Å². The molecule has 0 amide bonds. The van der Waals surface area contributed by atoms with Gasteiger partial charge in [-0.05, 0) is 74.2 Å². The first-order valence-corrected chi connectivity index (χ1v) is 9.44. The summed E-state index contributed by atoms with van der Waals surface area (Å²) in [5, 5.41) is 20.0. The van der Waals surface area contributed by atoms with E-state index >= 15 is 0 Å². The van der Waals surface area contributed by atoms with Crippen LogP contribution in [0.4, 0.5) is 0 Å². The molecular weight excluding hydrogens is 368 g/mol. The van der Waals surface area contributed by atoms with Crippen LogP contribution in [0.3, 0.4) is 0 Å². The molecule has 2 N–H and O–H groups in total. The van der Waals surface area contributed by atoms with Gasteiger partial charge in [0.05, 0.1) is 5.56 Å². The summed E-state index contributed by atoms with van der Waals surface area (Å²) in [6, 6.07) is 9.58. The lowest BCUT2D eigenvalue weighted by Crippen LogP contribution is -2.33. The van der Waals surface area contributed by atoms with Crippen molar-refractivity contribution in [2.45, 2.75) is 33.3 Å². The smallest absolute Gasteiger partial charge is 0.340 e. The van der Waals surface area contributed by atoms with Crippen LogP contribution in [-0.4, -0.2) is 16.2 Å². The van der Waals surface area contributed by atoms with Gasteiger partial charge in [-0.15, -0.1) is 0 Å². The Morgan fingerprint density at radius 2 is 1.28 bits per heavy atom. The number of ether oxygens (including phenoxy) is 2. The highest BCUT2D eigenvalue weighted by Gasteiger charge is 2.55. The SMILES string of the molecule is Cc1c(C)c(C)c2c(c1C)C(=O)OC21c2ccc(O)cc2Oc2cc(O)ccc21. The number of aromatic hydroxyl groups is 2. The maximum Gasteiger partial charge on any atom is 0.340 e. The number of carbonyl (C=O) groups excluding carboxylic acids is 1. The molecule has 2 aliphatic rings. The largest absolute Gasteiger partial charge is 0.508 e. The third kappa shape index (κ3) is 2.07. The van der Waals surface area contributed by atoms with E-state index in [4.69, 9.17) is 9.47 Å². The summed E-state index contributed by atoms with van der Waals surface area (Å²) in [5.74, 6) is 0.474. The summed E-state index contributed by atoms with van der Waals surface area (Å²) in [6.45, 7) is 8.00. The summed E-state index contributed by atoms with van der Waals surface area (Å²) in [7, 11) is 0. The summed E-state index contributed by atoms with van der Waals surface area (Å²) < 4.78 is 12.2. The van der Waals surface area contributed by atoms with Crippen molar-refractivity contribution in [3.05, 3.63) is 80.9 Å². The monoisotopic (exact) mass is 388 g/mol. The fourth-order valence-electron chi connectivity index (χ4n) is 4.66. The second-order valence-electron chi connectivity index (χ2n) is 7.78. The number of benzene rings is 3. The summed E-state index contributed by atoms with van der Waals surface area (Å²) >= 11 is 0. The van der Waals surface area contributed by atoms with E-state index in [1.807, 2.05) is 27.7 Å². The zero-order valence-electron chi connectivity index (χ0n) is 16.6. The van der Waals surface area contributed by atoms with Crippen LogP contribution in [0.25, 0.3) is 0 Å². The minimum Gasteiger partial charge on any atom is -0.508 e. The van der Waals surface area contributed by atoms with Crippen molar-refractivity contribution in [2.75, 3.05) is 0 Å². The Hall–Kier alpha value is -3.47. The quantitative estimate of drug-likeness (QED) is 0.536. The van der Waals surface area contributed by atoms with Gasteiger partial charge in [-0.1, -0.05) is 0 Å². The number of phenols is 2. The molecule has 5 rings (SSSR count). The van der Waals surface area contributed by atoms with Gasteiger partial charge in [0.15, 0.2) is 5.60 Å². The molecule has 0 aliphatic carbocycles. The summed E-state index contributed by atoms with van der Waals surface area (Å²) in [4.78, 5) is 13.2. The van der Waals surface area contributed by atoms with Crippen LogP contribution in [0.1, 0.15) is 49.3 Å². The Morgan fingerprint density at radius 1 is 0.759 bits per heavy atom. The normalized spacial score (nSPS) is 15.4. The first-order valence-electron chi connectivity index (χ1n) is 9.44. The van der Waals surface area contributed by atoms with E-state index in [0.717, 1.165) is 27.8 Å². The van der Waals surface area contributed by atoms with E-state index in [1.54, 1.807) is 24.3 Å². The predicted octanol–water partition coefficient (Wildman–Crippen LogP) is 4.90. The molecule has 0 unspecified atom stereocenters. The molecule has 146 valence electrons. The van der Waals surface area contributed by atoms with E-state index in [-0.39, 0.29) is 17.5 Å². The zero-order chi connectivity index (χ0) is 20.7. The molecule has 2 heterocycles. The third-order valence-corrected chi connectivity index (χ3v) is 6.40. The predicted molar refractivity (Wildman–Crippen MR) is 107 cm³/mol. The van der Waals surface area contributed by atoms with Gasteiger partial charge in [-0.3, -0.25) is 0 Å². The second kappa shape index (κ2) is 5.54. The molecule has 2 aliphatic heterocycles. The molecule has 0 atom stereocenters. The van der Waals surface area contributed by atoms with E-state index < -0.39 is 5.60 Å². The fraction of sp³-hybridized carbons (Fsp3) is 0.208. The van der Waals surface area contributed by atoms with Crippen molar-refractivity contribution in [1.82, 2.24) is 0 Å². The number of hydrogen-bond donors (Lipinski definition) is 2. The first kappa shape index (κ1) is 17.6. The number of carbonyl (C=O) groups is 1. The van der Waals surface area contributed by atoms with Crippen LogP contribution in [0, 0.1) is 27.7 Å². The number of hydrogen-bond acceptors (Lipinski definition) is 5. The minimum absolute atomic E-state index is 0.0417. The molecule has 3 aromatic carbocycles. The number of rotatable bonds is 0. The van der Waals surface area contributed by atoms with Crippen LogP contribution >= 0.6 is 0 Å². The Bertz CT molecular complexity index is 1190. The molecule has 0 aromatic heterocycles. The lowest BCUT2D eigenvalue weighted by Gasteiger charge is -2.37. The fourth-order valence-corrected chi connectivity index (χ4v) is 4.66. The topological polar surface area (TPSA) is 76.0 Å². The van der Waals surface area contributed by atoms with E-state index in [2.05, 4.69) is 0 Å². The molecule has 0 radical (unpaired) electrons. The highest BCUT2D eigenvalue weighted by atomic mass is 16.6. The average Bonchev–Trinajstić information content (AvgIpc) is 2.97. The average molecular weight is 388 g/mol. The lowest BCUT2D eigenvalue weighted by atomic mass is 9.74.